The Hall–Kier alpha value is -1.80. The van der Waals surface area contributed by atoms with E-state index in [1.54, 1.807) is 18.2 Å². The van der Waals surface area contributed by atoms with Crippen molar-refractivity contribution in [3.63, 3.8) is 0 Å². The van der Waals surface area contributed by atoms with Crippen molar-refractivity contribution < 1.29 is 27.4 Å². The highest BCUT2D eigenvalue weighted by molar-refractivity contribution is 7.89. The zero-order valence-electron chi connectivity index (χ0n) is 11.6. The van der Waals surface area contributed by atoms with Gasteiger partial charge in [0.2, 0.25) is 16.8 Å². The lowest BCUT2D eigenvalue weighted by Gasteiger charge is -2.07. The minimum absolute atomic E-state index is 0.0848. The van der Waals surface area contributed by atoms with Crippen LogP contribution in [0.15, 0.2) is 18.2 Å². The maximum atomic E-state index is 11.8. The molecule has 0 spiro atoms. The van der Waals surface area contributed by atoms with Crippen LogP contribution < -0.4 is 14.2 Å². The molecule has 0 aliphatic carbocycles. The molecule has 0 unspecified atom stereocenters. The van der Waals surface area contributed by atoms with Gasteiger partial charge in [-0.05, 0) is 24.1 Å². The number of nitrogens with one attached hydrogen (secondary N) is 1. The summed E-state index contributed by atoms with van der Waals surface area (Å²) in [5.41, 5.74) is 0.774. The molecule has 1 aliphatic heterocycles. The second-order valence-electron chi connectivity index (χ2n) is 4.51. The summed E-state index contributed by atoms with van der Waals surface area (Å²) < 4.78 is 40.9. The van der Waals surface area contributed by atoms with Crippen LogP contribution in [0.1, 0.15) is 18.4 Å². The number of hydrogen-bond acceptors (Lipinski definition) is 6. The second-order valence-corrected chi connectivity index (χ2v) is 6.43. The van der Waals surface area contributed by atoms with Crippen LogP contribution in [-0.2, 0) is 26.1 Å². The molecule has 0 atom stereocenters. The molecule has 1 N–H and O–H groups in total. The molecule has 1 aromatic carbocycles. The van der Waals surface area contributed by atoms with Gasteiger partial charge in [-0.15, -0.1) is 0 Å². The van der Waals surface area contributed by atoms with Crippen molar-refractivity contribution in [2.75, 3.05) is 19.7 Å². The van der Waals surface area contributed by atoms with Crippen molar-refractivity contribution in [1.29, 1.82) is 0 Å². The molecule has 0 amide bonds. The van der Waals surface area contributed by atoms with Crippen molar-refractivity contribution in [3.05, 3.63) is 23.8 Å². The van der Waals surface area contributed by atoms with Gasteiger partial charge < -0.3 is 14.2 Å². The van der Waals surface area contributed by atoms with E-state index >= 15 is 0 Å². The van der Waals surface area contributed by atoms with Gasteiger partial charge in [0.1, 0.15) is 0 Å². The highest BCUT2D eigenvalue weighted by Gasteiger charge is 2.15. The van der Waals surface area contributed by atoms with Crippen LogP contribution >= 0.6 is 0 Å². The molecular formula is C13H17NO6S. The van der Waals surface area contributed by atoms with Crippen LogP contribution in [0.4, 0.5) is 0 Å². The molecule has 0 saturated heterocycles. The summed E-state index contributed by atoms with van der Waals surface area (Å²) in [6, 6.07) is 5.24. The molecule has 8 heteroatoms. The Kier molecular flexibility index (Phi) is 5.03. The zero-order chi connectivity index (χ0) is 15.3. The lowest BCUT2D eigenvalue weighted by molar-refractivity contribution is -0.140. The van der Waals surface area contributed by atoms with Gasteiger partial charge in [-0.1, -0.05) is 6.07 Å². The summed E-state index contributed by atoms with van der Waals surface area (Å²) in [7, 11) is -2.16. The average molecular weight is 315 g/mol. The normalized spacial score (nSPS) is 13.2. The summed E-state index contributed by atoms with van der Waals surface area (Å²) >= 11 is 0. The number of fused-ring (bicyclic) bond motifs is 1. The molecule has 0 saturated carbocycles. The zero-order valence-corrected chi connectivity index (χ0v) is 12.4. The molecule has 7 nitrogen and oxygen atoms in total. The van der Waals surface area contributed by atoms with Crippen molar-refractivity contribution in [1.82, 2.24) is 4.72 Å². The molecule has 0 radical (unpaired) electrons. The van der Waals surface area contributed by atoms with Gasteiger partial charge in [0, 0.05) is 13.0 Å². The maximum Gasteiger partial charge on any atom is 0.305 e. The summed E-state index contributed by atoms with van der Waals surface area (Å²) in [5, 5.41) is 0. The molecule has 0 aromatic heterocycles. The molecule has 116 valence electrons. The van der Waals surface area contributed by atoms with Gasteiger partial charge >= 0.3 is 5.97 Å². The quantitative estimate of drug-likeness (QED) is 0.748. The summed E-state index contributed by atoms with van der Waals surface area (Å²) in [6.07, 6.45) is 0.310. The first-order chi connectivity index (χ1) is 10.00. The van der Waals surface area contributed by atoms with Gasteiger partial charge in [0.25, 0.3) is 0 Å². The Morgan fingerprint density at radius 2 is 2.10 bits per heavy atom. The van der Waals surface area contributed by atoms with Crippen LogP contribution in [0, 0.1) is 0 Å². The molecule has 1 heterocycles. The highest BCUT2D eigenvalue weighted by atomic mass is 32.2. The number of hydrogen-bond donors (Lipinski definition) is 1. The first kappa shape index (κ1) is 15.6. The molecule has 1 aromatic rings. The fourth-order valence-corrected chi connectivity index (χ4v) is 2.88. The highest BCUT2D eigenvalue weighted by Crippen LogP contribution is 2.32. The van der Waals surface area contributed by atoms with Crippen LogP contribution in [-0.4, -0.2) is 34.0 Å². The van der Waals surface area contributed by atoms with Crippen molar-refractivity contribution >= 4 is 16.0 Å². The summed E-state index contributed by atoms with van der Waals surface area (Å²) in [4.78, 5) is 10.9. The first-order valence-electron chi connectivity index (χ1n) is 6.43. The van der Waals surface area contributed by atoms with E-state index in [0.717, 1.165) is 5.56 Å². The number of benzene rings is 1. The number of carbonyl (C=O) groups excluding carboxylic acids is 1. The van der Waals surface area contributed by atoms with Gasteiger partial charge in [-0.3, -0.25) is 4.79 Å². The van der Waals surface area contributed by atoms with E-state index in [4.69, 9.17) is 9.47 Å². The fraction of sp³-hybridized carbons (Fsp3) is 0.462. The molecule has 21 heavy (non-hydrogen) atoms. The van der Waals surface area contributed by atoms with Crippen LogP contribution in [0.2, 0.25) is 0 Å². The molecule has 1 aliphatic rings. The van der Waals surface area contributed by atoms with Crippen LogP contribution in [0.25, 0.3) is 0 Å². The van der Waals surface area contributed by atoms with E-state index in [9.17, 15) is 13.2 Å². The van der Waals surface area contributed by atoms with Crippen LogP contribution in [0.3, 0.4) is 0 Å². The minimum atomic E-state index is -3.43. The van der Waals surface area contributed by atoms with Gasteiger partial charge in [0.05, 0.1) is 12.9 Å². The van der Waals surface area contributed by atoms with E-state index in [-0.39, 0.29) is 31.9 Å². The van der Waals surface area contributed by atoms with Crippen molar-refractivity contribution in [2.24, 2.45) is 0 Å². The fourth-order valence-electron chi connectivity index (χ4n) is 1.82. The Morgan fingerprint density at radius 3 is 2.86 bits per heavy atom. The average Bonchev–Trinajstić information content (AvgIpc) is 2.92. The van der Waals surface area contributed by atoms with E-state index < -0.39 is 16.0 Å². The van der Waals surface area contributed by atoms with Gasteiger partial charge in [0.15, 0.2) is 11.5 Å². The van der Waals surface area contributed by atoms with Gasteiger partial charge in [-0.2, -0.15) is 0 Å². The van der Waals surface area contributed by atoms with E-state index in [2.05, 4.69) is 9.46 Å². The Labute approximate surface area is 123 Å². The number of esters is 1. The Bertz CT molecular complexity index is 613. The molecule has 0 bridgehead atoms. The second kappa shape index (κ2) is 6.77. The summed E-state index contributed by atoms with van der Waals surface area (Å²) in [5.74, 6) is 0.727. The van der Waals surface area contributed by atoms with Crippen molar-refractivity contribution in [3.8, 4) is 11.5 Å². The maximum absolute atomic E-state index is 11.8. The molecule has 0 fully saturated rings. The third-order valence-electron chi connectivity index (χ3n) is 2.95. The number of rotatable bonds is 7. The summed E-state index contributed by atoms with van der Waals surface area (Å²) in [6.45, 7) is 0.342. The smallest absolute Gasteiger partial charge is 0.305 e. The van der Waals surface area contributed by atoms with Gasteiger partial charge in [-0.25, -0.2) is 13.1 Å². The SMILES string of the molecule is COC(=O)CCCS(=O)(=O)NCc1ccc2c(c1)OCO2. The lowest BCUT2D eigenvalue weighted by Crippen LogP contribution is -2.26. The lowest BCUT2D eigenvalue weighted by atomic mass is 10.2. The number of sulfonamides is 1. The number of carbonyl (C=O) groups is 1. The minimum Gasteiger partial charge on any atom is -0.469 e. The first-order valence-corrected chi connectivity index (χ1v) is 8.08. The van der Waals surface area contributed by atoms with E-state index in [1.165, 1.54) is 7.11 Å². The van der Waals surface area contributed by atoms with Crippen molar-refractivity contribution in [2.45, 2.75) is 19.4 Å². The third kappa shape index (κ3) is 4.61. The standard InChI is InChI=1S/C13H17NO6S/c1-18-13(15)3-2-6-21(16,17)14-8-10-4-5-11-12(7-10)20-9-19-11/h4-5,7,14H,2-3,6,8-9H2,1H3. The predicted molar refractivity (Wildman–Crippen MR) is 74.4 cm³/mol. The third-order valence-corrected chi connectivity index (χ3v) is 4.37. The molecular weight excluding hydrogens is 298 g/mol. The van der Waals surface area contributed by atoms with E-state index in [1.807, 2.05) is 0 Å². The Morgan fingerprint density at radius 1 is 1.33 bits per heavy atom. The largest absolute Gasteiger partial charge is 0.469 e. The predicted octanol–water partition coefficient (Wildman–Crippen LogP) is 0.788. The number of ether oxygens (including phenoxy) is 3. The molecule has 2 rings (SSSR count). The van der Waals surface area contributed by atoms with E-state index in [0.29, 0.717) is 11.5 Å². The number of methoxy groups -OCH3 is 1. The Balaban J connectivity index is 1.82. The van der Waals surface area contributed by atoms with Crippen LogP contribution in [0.5, 0.6) is 11.5 Å². The monoisotopic (exact) mass is 315 g/mol. The topological polar surface area (TPSA) is 90.9 Å².